The van der Waals surface area contributed by atoms with Gasteiger partial charge in [-0.25, -0.2) is 8.42 Å². The Morgan fingerprint density at radius 3 is 2.50 bits per heavy atom. The summed E-state index contributed by atoms with van der Waals surface area (Å²) in [7, 11) is -3.84. The van der Waals surface area contributed by atoms with Crippen molar-refractivity contribution in [1.82, 2.24) is 9.62 Å². The molecule has 1 atom stereocenters. The molecule has 1 aliphatic rings. The summed E-state index contributed by atoms with van der Waals surface area (Å²) in [5.41, 5.74) is -0.187. The minimum Gasteiger partial charge on any atom is -0.353 e. The summed E-state index contributed by atoms with van der Waals surface area (Å²) in [6, 6.07) is 3.80. The quantitative estimate of drug-likeness (QED) is 0.629. The lowest BCUT2D eigenvalue weighted by Crippen LogP contribution is -2.55. The van der Waals surface area contributed by atoms with Gasteiger partial charge in [0, 0.05) is 25.2 Å². The van der Waals surface area contributed by atoms with Crippen LogP contribution in [0.15, 0.2) is 29.2 Å². The molecule has 1 aliphatic heterocycles. The zero-order valence-corrected chi connectivity index (χ0v) is 11.5. The normalized spacial score (nSPS) is 20.4. The molecule has 0 spiro atoms. The molecule has 108 valence electrons. The summed E-state index contributed by atoms with van der Waals surface area (Å²) >= 11 is 0. The fraction of sp³-hybridized carbons (Fsp3) is 0.364. The predicted octanol–water partition coefficient (Wildman–Crippen LogP) is 0.104. The van der Waals surface area contributed by atoms with Crippen LogP contribution < -0.4 is 5.32 Å². The number of nitrogens with zero attached hydrogens (tertiary/aromatic N) is 2. The largest absolute Gasteiger partial charge is 0.353 e. The molecule has 20 heavy (non-hydrogen) atoms. The van der Waals surface area contributed by atoms with Crippen LogP contribution in [0.5, 0.6) is 0 Å². The predicted molar refractivity (Wildman–Crippen MR) is 69.5 cm³/mol. The van der Waals surface area contributed by atoms with E-state index in [1.54, 1.807) is 0 Å². The zero-order chi connectivity index (χ0) is 14.9. The third-order valence-corrected chi connectivity index (χ3v) is 5.08. The molecular weight excluding hydrogens is 286 g/mol. The van der Waals surface area contributed by atoms with Crippen molar-refractivity contribution in [2.75, 3.05) is 13.1 Å². The van der Waals surface area contributed by atoms with Gasteiger partial charge in [-0.1, -0.05) is 0 Å². The first-order chi connectivity index (χ1) is 9.34. The van der Waals surface area contributed by atoms with Gasteiger partial charge in [-0.2, -0.15) is 4.31 Å². The maximum Gasteiger partial charge on any atom is 0.269 e. The zero-order valence-electron chi connectivity index (χ0n) is 10.6. The molecule has 1 aromatic rings. The number of amides is 1. The summed E-state index contributed by atoms with van der Waals surface area (Å²) in [6.07, 6.45) is 0. The molecule has 1 amide bonds. The van der Waals surface area contributed by atoms with E-state index in [0.29, 0.717) is 0 Å². The van der Waals surface area contributed by atoms with Crippen molar-refractivity contribution in [1.29, 1.82) is 0 Å². The minimum atomic E-state index is -3.84. The molecule has 1 fully saturated rings. The molecule has 2 rings (SSSR count). The summed E-state index contributed by atoms with van der Waals surface area (Å²) in [5.74, 6) is -0.360. The van der Waals surface area contributed by atoms with Crippen molar-refractivity contribution >= 4 is 21.6 Å². The second kappa shape index (κ2) is 5.17. The summed E-state index contributed by atoms with van der Waals surface area (Å²) in [5, 5.41) is 13.1. The fourth-order valence-electron chi connectivity index (χ4n) is 1.96. The molecule has 1 unspecified atom stereocenters. The van der Waals surface area contributed by atoms with Crippen LogP contribution in [0.25, 0.3) is 0 Å². The lowest BCUT2D eigenvalue weighted by atomic mass is 10.2. The van der Waals surface area contributed by atoms with Gasteiger partial charge in [-0.3, -0.25) is 14.9 Å². The van der Waals surface area contributed by atoms with E-state index in [-0.39, 0.29) is 29.6 Å². The van der Waals surface area contributed by atoms with Gasteiger partial charge in [-0.05, 0) is 19.1 Å². The van der Waals surface area contributed by atoms with Crippen molar-refractivity contribution < 1.29 is 18.1 Å². The van der Waals surface area contributed by atoms with Crippen molar-refractivity contribution in [3.63, 3.8) is 0 Å². The Balaban J connectivity index is 2.34. The van der Waals surface area contributed by atoms with Gasteiger partial charge in [0.05, 0.1) is 9.82 Å². The van der Waals surface area contributed by atoms with E-state index >= 15 is 0 Å². The number of carbonyl (C=O) groups is 1. The second-order valence-corrected chi connectivity index (χ2v) is 6.22. The maximum atomic E-state index is 12.4. The molecule has 1 heterocycles. The molecule has 1 N–H and O–H groups in total. The lowest BCUT2D eigenvalue weighted by molar-refractivity contribution is -0.384. The average Bonchev–Trinajstić information content (AvgIpc) is 2.41. The lowest BCUT2D eigenvalue weighted by Gasteiger charge is -2.31. The molecule has 0 aliphatic carbocycles. The molecule has 0 aromatic heterocycles. The first kappa shape index (κ1) is 14.4. The van der Waals surface area contributed by atoms with Gasteiger partial charge in [-0.15, -0.1) is 0 Å². The number of non-ortho nitro benzene ring substituents is 1. The number of nitro benzene ring substituents is 1. The number of sulfonamides is 1. The number of nitrogens with one attached hydrogen (secondary N) is 1. The van der Waals surface area contributed by atoms with E-state index in [1.165, 1.54) is 19.1 Å². The van der Waals surface area contributed by atoms with Crippen LogP contribution in [-0.2, 0) is 14.8 Å². The Kier molecular flexibility index (Phi) is 3.73. The highest BCUT2D eigenvalue weighted by molar-refractivity contribution is 7.89. The van der Waals surface area contributed by atoms with Crippen LogP contribution in [-0.4, -0.2) is 42.7 Å². The van der Waals surface area contributed by atoms with Gasteiger partial charge in [0.2, 0.25) is 15.9 Å². The van der Waals surface area contributed by atoms with E-state index in [2.05, 4.69) is 5.32 Å². The SMILES string of the molecule is CC1C(=O)NCCN1S(=O)(=O)c1ccc([N+](=O)[O-])cc1. The van der Waals surface area contributed by atoms with E-state index in [1.807, 2.05) is 0 Å². The molecule has 0 saturated carbocycles. The summed E-state index contributed by atoms with van der Waals surface area (Å²) in [6.45, 7) is 1.92. The first-order valence-corrected chi connectivity index (χ1v) is 7.32. The molecule has 1 saturated heterocycles. The van der Waals surface area contributed by atoms with Crippen molar-refractivity contribution in [3.05, 3.63) is 34.4 Å². The van der Waals surface area contributed by atoms with Gasteiger partial charge in [0.1, 0.15) is 6.04 Å². The van der Waals surface area contributed by atoms with Gasteiger partial charge >= 0.3 is 0 Å². The van der Waals surface area contributed by atoms with Crippen molar-refractivity contribution in [3.8, 4) is 0 Å². The summed E-state index contributed by atoms with van der Waals surface area (Å²) in [4.78, 5) is 21.4. The molecule has 9 heteroatoms. The van der Waals surface area contributed by atoms with E-state index in [0.717, 1.165) is 16.4 Å². The molecule has 0 radical (unpaired) electrons. The summed E-state index contributed by atoms with van der Waals surface area (Å²) < 4.78 is 25.9. The number of piperazine rings is 1. The highest BCUT2D eigenvalue weighted by atomic mass is 32.2. The minimum absolute atomic E-state index is 0.0651. The number of nitro groups is 1. The van der Waals surface area contributed by atoms with E-state index in [4.69, 9.17) is 0 Å². The molecule has 8 nitrogen and oxygen atoms in total. The Morgan fingerprint density at radius 1 is 1.35 bits per heavy atom. The number of rotatable bonds is 3. The van der Waals surface area contributed by atoms with Gasteiger partial charge in [0.15, 0.2) is 0 Å². The molecule has 0 bridgehead atoms. The third kappa shape index (κ3) is 2.49. The maximum absolute atomic E-state index is 12.4. The van der Waals surface area contributed by atoms with Crippen LogP contribution in [0, 0.1) is 10.1 Å². The standard InChI is InChI=1S/C11H13N3O5S/c1-8-11(15)12-6-7-13(8)20(18,19)10-4-2-9(3-5-10)14(16)17/h2-5,8H,6-7H2,1H3,(H,12,15). The van der Waals surface area contributed by atoms with E-state index < -0.39 is 21.0 Å². The number of hydrogen-bond acceptors (Lipinski definition) is 5. The van der Waals surface area contributed by atoms with Gasteiger partial charge < -0.3 is 5.32 Å². The Bertz CT molecular complexity index is 641. The number of hydrogen-bond donors (Lipinski definition) is 1. The van der Waals surface area contributed by atoms with Crippen molar-refractivity contribution in [2.24, 2.45) is 0 Å². The van der Waals surface area contributed by atoms with Gasteiger partial charge in [0.25, 0.3) is 5.69 Å². The third-order valence-electron chi connectivity index (χ3n) is 3.10. The van der Waals surface area contributed by atoms with Crippen LogP contribution in [0.2, 0.25) is 0 Å². The smallest absolute Gasteiger partial charge is 0.269 e. The monoisotopic (exact) mass is 299 g/mol. The molecular formula is C11H13N3O5S. The topological polar surface area (TPSA) is 110 Å². The van der Waals surface area contributed by atoms with Crippen LogP contribution in [0.1, 0.15) is 6.92 Å². The van der Waals surface area contributed by atoms with Crippen molar-refractivity contribution in [2.45, 2.75) is 17.9 Å². The van der Waals surface area contributed by atoms with E-state index in [9.17, 15) is 23.3 Å². The Hall–Kier alpha value is -2.00. The highest BCUT2D eigenvalue weighted by Gasteiger charge is 2.35. The first-order valence-electron chi connectivity index (χ1n) is 5.88. The van der Waals surface area contributed by atoms with Crippen LogP contribution in [0.3, 0.4) is 0 Å². The Labute approximate surface area is 115 Å². The molecule has 1 aromatic carbocycles. The number of carbonyl (C=O) groups excluding carboxylic acids is 1. The fourth-order valence-corrected chi connectivity index (χ4v) is 3.56. The Morgan fingerprint density at radius 2 is 1.95 bits per heavy atom. The second-order valence-electron chi connectivity index (χ2n) is 4.33. The van der Waals surface area contributed by atoms with Crippen LogP contribution in [0.4, 0.5) is 5.69 Å². The van der Waals surface area contributed by atoms with Crippen LogP contribution >= 0.6 is 0 Å². The average molecular weight is 299 g/mol. The highest BCUT2D eigenvalue weighted by Crippen LogP contribution is 2.22. The number of benzene rings is 1.